The molecule has 0 aromatic carbocycles. The van der Waals surface area contributed by atoms with E-state index in [9.17, 15) is 4.79 Å². The minimum absolute atomic E-state index is 0.0279. The number of piperidine rings is 1. The number of nitrogens with two attached hydrogens (primary N) is 1. The predicted molar refractivity (Wildman–Crippen MR) is 79.7 cm³/mol. The minimum atomic E-state index is 0.0279. The Morgan fingerprint density at radius 1 is 1.48 bits per heavy atom. The number of H-pyrrole nitrogens is 1. The third-order valence-electron chi connectivity index (χ3n) is 3.84. The van der Waals surface area contributed by atoms with E-state index in [1.165, 1.54) is 0 Å². The van der Waals surface area contributed by atoms with Crippen molar-refractivity contribution in [1.29, 1.82) is 0 Å². The van der Waals surface area contributed by atoms with E-state index in [0.29, 0.717) is 11.6 Å². The number of carbonyl (C=O) groups excluding carboxylic acids is 1. The van der Waals surface area contributed by atoms with Gasteiger partial charge in [0.1, 0.15) is 5.52 Å². The molecule has 2 aromatic heterocycles. The smallest absolute Gasteiger partial charge is 0.224 e. The van der Waals surface area contributed by atoms with Crippen molar-refractivity contribution in [3.63, 3.8) is 0 Å². The number of imidazole rings is 1. The van der Waals surface area contributed by atoms with Crippen LogP contribution >= 0.6 is 0 Å². The molecule has 0 atom stereocenters. The molecule has 8 nitrogen and oxygen atoms in total. The topological polar surface area (TPSA) is 113 Å². The standard InChI is InChI=1S/C13H19N7O/c1-8(21)15-6-9-2-4-20(5-3-9)12-10-11(17-7-16-10)18-13(14)19-12/h7,9H,2-6H2,1H3,(H,15,21)(H3,14,16,17,18,19). The number of anilines is 2. The van der Waals surface area contributed by atoms with Crippen molar-refractivity contribution in [2.45, 2.75) is 19.8 Å². The molecule has 1 amide bonds. The van der Waals surface area contributed by atoms with Crippen LogP contribution in [-0.2, 0) is 4.79 Å². The van der Waals surface area contributed by atoms with Crippen LogP contribution in [0.2, 0.25) is 0 Å². The number of nitrogen functional groups attached to an aromatic ring is 1. The van der Waals surface area contributed by atoms with E-state index >= 15 is 0 Å². The summed E-state index contributed by atoms with van der Waals surface area (Å²) < 4.78 is 0. The predicted octanol–water partition coefficient (Wildman–Crippen LogP) is 0.288. The number of nitrogens with zero attached hydrogens (tertiary/aromatic N) is 4. The number of amides is 1. The highest BCUT2D eigenvalue weighted by molar-refractivity contribution is 5.84. The van der Waals surface area contributed by atoms with E-state index in [4.69, 9.17) is 5.73 Å². The normalized spacial score (nSPS) is 16.3. The van der Waals surface area contributed by atoms with Gasteiger partial charge in [0, 0.05) is 26.6 Å². The van der Waals surface area contributed by atoms with Crippen molar-refractivity contribution in [3.8, 4) is 0 Å². The Bertz CT molecular complexity index is 645. The summed E-state index contributed by atoms with van der Waals surface area (Å²) in [5.41, 5.74) is 7.17. The average Bonchev–Trinajstić information content (AvgIpc) is 2.93. The molecule has 2 aromatic rings. The maximum atomic E-state index is 11.0. The molecule has 1 fully saturated rings. The average molecular weight is 289 g/mol. The van der Waals surface area contributed by atoms with Gasteiger partial charge in [-0.25, -0.2) is 4.98 Å². The number of carbonyl (C=O) groups is 1. The van der Waals surface area contributed by atoms with Gasteiger partial charge in [-0.1, -0.05) is 0 Å². The lowest BCUT2D eigenvalue weighted by Gasteiger charge is -2.32. The lowest BCUT2D eigenvalue weighted by Crippen LogP contribution is -2.38. The van der Waals surface area contributed by atoms with Gasteiger partial charge < -0.3 is 20.9 Å². The maximum Gasteiger partial charge on any atom is 0.224 e. The number of rotatable bonds is 3. The molecule has 3 heterocycles. The van der Waals surface area contributed by atoms with Gasteiger partial charge in [-0.3, -0.25) is 4.79 Å². The first-order chi connectivity index (χ1) is 10.1. The van der Waals surface area contributed by atoms with E-state index in [1.54, 1.807) is 13.3 Å². The SMILES string of the molecule is CC(=O)NCC1CCN(c2nc(N)nc3nc[nH]c23)CC1. The van der Waals surface area contributed by atoms with Crippen LogP contribution in [0.25, 0.3) is 11.2 Å². The molecule has 0 saturated carbocycles. The zero-order valence-corrected chi connectivity index (χ0v) is 12.0. The minimum Gasteiger partial charge on any atom is -0.368 e. The van der Waals surface area contributed by atoms with Crippen molar-refractivity contribution >= 4 is 28.8 Å². The number of aromatic nitrogens is 4. The fourth-order valence-electron chi connectivity index (χ4n) is 2.70. The summed E-state index contributed by atoms with van der Waals surface area (Å²) in [5, 5.41) is 2.89. The van der Waals surface area contributed by atoms with Crippen LogP contribution in [0, 0.1) is 5.92 Å². The Hall–Kier alpha value is -2.38. The molecule has 0 aliphatic carbocycles. The molecular weight excluding hydrogens is 270 g/mol. The molecule has 8 heteroatoms. The van der Waals surface area contributed by atoms with Crippen LogP contribution in [0.4, 0.5) is 11.8 Å². The number of fused-ring (bicyclic) bond motifs is 1. The van der Waals surface area contributed by atoms with E-state index < -0.39 is 0 Å². The Kier molecular flexibility index (Phi) is 3.59. The van der Waals surface area contributed by atoms with E-state index in [2.05, 4.69) is 30.2 Å². The van der Waals surface area contributed by atoms with Gasteiger partial charge >= 0.3 is 0 Å². The first kappa shape index (κ1) is 13.6. The van der Waals surface area contributed by atoms with Crippen molar-refractivity contribution in [1.82, 2.24) is 25.3 Å². The first-order valence-corrected chi connectivity index (χ1v) is 7.09. The number of hydrogen-bond donors (Lipinski definition) is 3. The third-order valence-corrected chi connectivity index (χ3v) is 3.84. The maximum absolute atomic E-state index is 11.0. The van der Waals surface area contributed by atoms with Crippen molar-refractivity contribution in [2.24, 2.45) is 5.92 Å². The molecule has 21 heavy (non-hydrogen) atoms. The zero-order valence-electron chi connectivity index (χ0n) is 12.0. The Balaban J connectivity index is 1.71. The number of hydrogen-bond acceptors (Lipinski definition) is 6. The lowest BCUT2D eigenvalue weighted by atomic mass is 9.97. The van der Waals surface area contributed by atoms with Crippen molar-refractivity contribution < 1.29 is 4.79 Å². The summed E-state index contributed by atoms with van der Waals surface area (Å²) in [5.74, 6) is 1.60. The summed E-state index contributed by atoms with van der Waals surface area (Å²) in [7, 11) is 0. The van der Waals surface area contributed by atoms with Gasteiger partial charge in [0.15, 0.2) is 11.5 Å². The summed E-state index contributed by atoms with van der Waals surface area (Å²) in [6.45, 7) is 4.06. The molecule has 3 rings (SSSR count). The van der Waals surface area contributed by atoms with Crippen LogP contribution in [0.15, 0.2) is 6.33 Å². The second-order valence-corrected chi connectivity index (χ2v) is 5.37. The van der Waals surface area contributed by atoms with Gasteiger partial charge in [0.25, 0.3) is 0 Å². The summed E-state index contributed by atoms with van der Waals surface area (Å²) in [4.78, 5) is 28.8. The summed E-state index contributed by atoms with van der Waals surface area (Å²) in [6, 6.07) is 0. The second kappa shape index (κ2) is 5.55. The first-order valence-electron chi connectivity index (χ1n) is 7.09. The Morgan fingerprint density at radius 3 is 2.95 bits per heavy atom. The molecular formula is C13H19N7O. The molecule has 4 N–H and O–H groups in total. The monoisotopic (exact) mass is 289 g/mol. The van der Waals surface area contributed by atoms with E-state index in [-0.39, 0.29) is 11.9 Å². The second-order valence-electron chi connectivity index (χ2n) is 5.37. The van der Waals surface area contributed by atoms with E-state index in [1.807, 2.05) is 0 Å². The molecule has 112 valence electrons. The lowest BCUT2D eigenvalue weighted by molar-refractivity contribution is -0.119. The zero-order chi connectivity index (χ0) is 14.8. The number of nitrogens with one attached hydrogen (secondary N) is 2. The van der Waals surface area contributed by atoms with Crippen molar-refractivity contribution in [3.05, 3.63) is 6.33 Å². The highest BCUT2D eigenvalue weighted by atomic mass is 16.1. The van der Waals surface area contributed by atoms with Crippen LogP contribution in [0.3, 0.4) is 0 Å². The summed E-state index contributed by atoms with van der Waals surface area (Å²) >= 11 is 0. The molecule has 0 unspecified atom stereocenters. The largest absolute Gasteiger partial charge is 0.368 e. The van der Waals surface area contributed by atoms with Crippen LogP contribution in [0.1, 0.15) is 19.8 Å². The Labute approximate surface area is 122 Å². The van der Waals surface area contributed by atoms with E-state index in [0.717, 1.165) is 43.8 Å². The van der Waals surface area contributed by atoms with Gasteiger partial charge in [-0.05, 0) is 18.8 Å². The highest BCUT2D eigenvalue weighted by Gasteiger charge is 2.23. The van der Waals surface area contributed by atoms with Gasteiger partial charge in [0.2, 0.25) is 11.9 Å². The quantitative estimate of drug-likeness (QED) is 0.748. The number of aromatic amines is 1. The van der Waals surface area contributed by atoms with Crippen LogP contribution < -0.4 is 16.0 Å². The highest BCUT2D eigenvalue weighted by Crippen LogP contribution is 2.26. The van der Waals surface area contributed by atoms with Gasteiger partial charge in [-0.15, -0.1) is 0 Å². The third kappa shape index (κ3) is 2.88. The van der Waals surface area contributed by atoms with Gasteiger partial charge in [0.05, 0.1) is 6.33 Å². The molecule has 1 aliphatic rings. The molecule has 0 radical (unpaired) electrons. The fourth-order valence-corrected chi connectivity index (χ4v) is 2.70. The van der Waals surface area contributed by atoms with Gasteiger partial charge in [-0.2, -0.15) is 9.97 Å². The van der Waals surface area contributed by atoms with Crippen molar-refractivity contribution in [2.75, 3.05) is 30.3 Å². The molecule has 0 spiro atoms. The molecule has 1 saturated heterocycles. The Morgan fingerprint density at radius 2 is 2.24 bits per heavy atom. The van der Waals surface area contributed by atoms with Crippen LogP contribution in [-0.4, -0.2) is 45.5 Å². The van der Waals surface area contributed by atoms with Crippen LogP contribution in [0.5, 0.6) is 0 Å². The fraction of sp³-hybridized carbons (Fsp3) is 0.538. The summed E-state index contributed by atoms with van der Waals surface area (Å²) in [6.07, 6.45) is 3.63. The molecule has 0 bridgehead atoms. The molecule has 1 aliphatic heterocycles.